The molecule has 228 valence electrons. The third-order valence-electron chi connectivity index (χ3n) is 9.97. The summed E-state index contributed by atoms with van der Waals surface area (Å²) in [7, 11) is 1.70. The molecule has 6 nitrogen and oxygen atoms in total. The third-order valence-corrected chi connectivity index (χ3v) is 9.97. The van der Waals surface area contributed by atoms with Gasteiger partial charge in [-0.3, -0.25) is 9.69 Å². The van der Waals surface area contributed by atoms with Crippen LogP contribution in [0.2, 0.25) is 0 Å². The lowest BCUT2D eigenvalue weighted by atomic mass is 9.78. The molecule has 3 unspecified atom stereocenters. The summed E-state index contributed by atoms with van der Waals surface area (Å²) in [5.74, 6) is 0.850. The SMILES string of the molecule is CC(=O)N1CCC(N2CC3CCN(C(=O)N(C)C(C)c4cc(C)cc(C(F)(F)F)c4)C(c4ccccc4C)[C@@H]3C2)CC1. The molecule has 3 aliphatic heterocycles. The van der Waals surface area contributed by atoms with Crippen LogP contribution in [0.3, 0.4) is 0 Å². The van der Waals surface area contributed by atoms with Crippen LogP contribution in [0.4, 0.5) is 18.0 Å². The summed E-state index contributed by atoms with van der Waals surface area (Å²) in [6.07, 6.45) is -1.62. The molecule has 42 heavy (non-hydrogen) atoms. The Morgan fingerprint density at radius 3 is 2.31 bits per heavy atom. The van der Waals surface area contributed by atoms with E-state index < -0.39 is 17.8 Å². The first-order valence-corrected chi connectivity index (χ1v) is 15.1. The highest BCUT2D eigenvalue weighted by molar-refractivity contribution is 5.76. The summed E-state index contributed by atoms with van der Waals surface area (Å²) >= 11 is 0. The van der Waals surface area contributed by atoms with Gasteiger partial charge in [-0.25, -0.2) is 4.79 Å². The van der Waals surface area contributed by atoms with Gasteiger partial charge >= 0.3 is 12.2 Å². The first-order valence-electron chi connectivity index (χ1n) is 15.1. The van der Waals surface area contributed by atoms with E-state index in [0.29, 0.717) is 29.6 Å². The molecule has 0 N–H and O–H groups in total. The van der Waals surface area contributed by atoms with Gasteiger partial charge in [-0.1, -0.05) is 35.9 Å². The number of aryl methyl sites for hydroxylation is 2. The molecule has 2 aromatic carbocycles. The maximum atomic E-state index is 14.2. The lowest BCUT2D eigenvalue weighted by molar-refractivity contribution is -0.137. The van der Waals surface area contributed by atoms with Crippen molar-refractivity contribution in [3.05, 3.63) is 70.3 Å². The maximum absolute atomic E-state index is 14.2. The van der Waals surface area contributed by atoms with Crippen molar-refractivity contribution in [3.63, 3.8) is 0 Å². The van der Waals surface area contributed by atoms with Gasteiger partial charge < -0.3 is 14.7 Å². The average molecular weight is 585 g/mol. The number of carbonyl (C=O) groups excluding carboxylic acids is 2. The van der Waals surface area contributed by atoms with Crippen LogP contribution < -0.4 is 0 Å². The summed E-state index contributed by atoms with van der Waals surface area (Å²) < 4.78 is 40.7. The molecule has 0 saturated carbocycles. The summed E-state index contributed by atoms with van der Waals surface area (Å²) in [4.78, 5) is 34.2. The maximum Gasteiger partial charge on any atom is 0.416 e. The van der Waals surface area contributed by atoms with Gasteiger partial charge in [0.2, 0.25) is 5.91 Å². The summed E-state index contributed by atoms with van der Waals surface area (Å²) in [6, 6.07) is 11.9. The van der Waals surface area contributed by atoms with E-state index in [1.807, 2.05) is 21.9 Å². The van der Waals surface area contributed by atoms with Crippen molar-refractivity contribution < 1.29 is 22.8 Å². The number of piperidine rings is 2. The summed E-state index contributed by atoms with van der Waals surface area (Å²) in [5, 5.41) is 0. The zero-order valence-corrected chi connectivity index (χ0v) is 25.3. The first-order chi connectivity index (χ1) is 19.8. The molecule has 0 radical (unpaired) electrons. The van der Waals surface area contributed by atoms with Crippen molar-refractivity contribution in [2.24, 2.45) is 11.8 Å². The number of hydrogen-bond acceptors (Lipinski definition) is 3. The molecule has 4 atom stereocenters. The largest absolute Gasteiger partial charge is 0.416 e. The van der Waals surface area contributed by atoms with E-state index in [4.69, 9.17) is 0 Å². The standard InChI is InChI=1S/C33H43F3N4O2/c1-21-16-26(18-27(17-21)33(34,35)36)23(3)37(5)32(42)40-15-10-25-19-39(28-11-13-38(14-12-28)24(4)41)20-30(25)31(40)29-9-7-6-8-22(29)2/h6-9,16-18,23,25,28,30-31H,10-15,19-20H2,1-5H3/t23?,25?,30-,31?/m1/s1. The second-order valence-electron chi connectivity index (χ2n) is 12.6. The minimum absolute atomic E-state index is 0.113. The van der Waals surface area contributed by atoms with E-state index in [9.17, 15) is 22.8 Å². The molecule has 3 fully saturated rings. The van der Waals surface area contributed by atoms with Gasteiger partial charge in [0.05, 0.1) is 17.6 Å². The first kappa shape index (κ1) is 30.4. The predicted octanol–water partition coefficient (Wildman–Crippen LogP) is 6.44. The lowest BCUT2D eigenvalue weighted by Gasteiger charge is -2.45. The van der Waals surface area contributed by atoms with Crippen LogP contribution in [0, 0.1) is 25.7 Å². The molecule has 3 amide bonds. The highest BCUT2D eigenvalue weighted by atomic mass is 19.4. The number of halogens is 3. The molecule has 0 aromatic heterocycles. The van der Waals surface area contributed by atoms with Crippen molar-refractivity contribution in [3.8, 4) is 0 Å². The lowest BCUT2D eigenvalue weighted by Crippen LogP contribution is -2.51. The van der Waals surface area contributed by atoms with Crippen molar-refractivity contribution in [1.29, 1.82) is 0 Å². The quantitative estimate of drug-likeness (QED) is 0.416. The molecule has 2 aromatic rings. The van der Waals surface area contributed by atoms with E-state index in [1.54, 1.807) is 38.8 Å². The fourth-order valence-corrected chi connectivity index (χ4v) is 7.45. The third kappa shape index (κ3) is 6.03. The van der Waals surface area contributed by atoms with Crippen LogP contribution in [0.15, 0.2) is 42.5 Å². The molecule has 3 saturated heterocycles. The van der Waals surface area contributed by atoms with Gasteiger partial charge in [0, 0.05) is 58.7 Å². The molecule has 0 spiro atoms. The number of carbonyl (C=O) groups is 2. The molecule has 3 heterocycles. The van der Waals surface area contributed by atoms with Gasteiger partial charge in [0.15, 0.2) is 0 Å². The zero-order chi connectivity index (χ0) is 30.3. The number of rotatable bonds is 4. The number of benzene rings is 2. The smallest absolute Gasteiger partial charge is 0.343 e. The Morgan fingerprint density at radius 1 is 0.976 bits per heavy atom. The minimum atomic E-state index is -4.45. The Bertz CT molecular complexity index is 1310. The van der Waals surface area contributed by atoms with Crippen LogP contribution in [0.1, 0.15) is 73.0 Å². The van der Waals surface area contributed by atoms with Crippen LogP contribution in [-0.2, 0) is 11.0 Å². The van der Waals surface area contributed by atoms with Crippen molar-refractivity contribution in [2.45, 2.75) is 71.3 Å². The molecular weight excluding hydrogens is 541 g/mol. The topological polar surface area (TPSA) is 47.1 Å². The van der Waals surface area contributed by atoms with Crippen LogP contribution >= 0.6 is 0 Å². The monoisotopic (exact) mass is 584 g/mol. The Hall–Kier alpha value is -3.07. The Labute approximate surface area is 247 Å². The molecular formula is C33H43F3N4O2. The molecule has 5 rings (SSSR count). The number of amides is 3. The average Bonchev–Trinajstić information content (AvgIpc) is 3.40. The predicted molar refractivity (Wildman–Crippen MR) is 157 cm³/mol. The van der Waals surface area contributed by atoms with Gasteiger partial charge in [-0.05, 0) is 74.8 Å². The number of alkyl halides is 3. The van der Waals surface area contributed by atoms with Crippen molar-refractivity contribution in [2.75, 3.05) is 39.8 Å². The van der Waals surface area contributed by atoms with E-state index >= 15 is 0 Å². The Kier molecular flexibility index (Phi) is 8.61. The van der Waals surface area contributed by atoms with E-state index in [-0.39, 0.29) is 23.9 Å². The van der Waals surface area contributed by atoms with Crippen LogP contribution in [-0.4, -0.2) is 77.4 Å². The Balaban J connectivity index is 1.40. The number of nitrogens with zero attached hydrogens (tertiary/aromatic N) is 4. The highest BCUT2D eigenvalue weighted by Gasteiger charge is 2.48. The summed E-state index contributed by atoms with van der Waals surface area (Å²) in [6.45, 7) is 11.2. The number of hydrogen-bond donors (Lipinski definition) is 0. The molecule has 3 aliphatic rings. The second kappa shape index (κ2) is 11.9. The summed E-state index contributed by atoms with van der Waals surface area (Å²) in [5.41, 5.74) is 2.59. The number of urea groups is 1. The number of likely N-dealkylation sites (tertiary alicyclic amines) is 3. The van der Waals surface area contributed by atoms with Gasteiger partial charge in [-0.2, -0.15) is 13.2 Å². The highest BCUT2D eigenvalue weighted by Crippen LogP contribution is 2.46. The van der Waals surface area contributed by atoms with E-state index in [1.165, 1.54) is 6.07 Å². The van der Waals surface area contributed by atoms with Crippen molar-refractivity contribution in [1.82, 2.24) is 19.6 Å². The molecule has 0 bridgehead atoms. The Morgan fingerprint density at radius 2 is 1.67 bits per heavy atom. The van der Waals surface area contributed by atoms with E-state index in [0.717, 1.165) is 62.6 Å². The zero-order valence-electron chi connectivity index (χ0n) is 25.3. The number of fused-ring (bicyclic) bond motifs is 1. The van der Waals surface area contributed by atoms with Crippen LogP contribution in [0.25, 0.3) is 0 Å². The van der Waals surface area contributed by atoms with Crippen molar-refractivity contribution >= 4 is 11.9 Å². The van der Waals surface area contributed by atoms with Gasteiger partial charge in [0.25, 0.3) is 0 Å². The van der Waals surface area contributed by atoms with Gasteiger partial charge in [0.1, 0.15) is 0 Å². The second-order valence-corrected chi connectivity index (χ2v) is 12.6. The minimum Gasteiger partial charge on any atom is -0.343 e. The van der Waals surface area contributed by atoms with Gasteiger partial charge in [-0.15, -0.1) is 0 Å². The van der Waals surface area contributed by atoms with Crippen LogP contribution in [0.5, 0.6) is 0 Å². The van der Waals surface area contributed by atoms with E-state index in [2.05, 4.69) is 24.0 Å². The fourth-order valence-electron chi connectivity index (χ4n) is 7.45. The molecule has 9 heteroatoms. The normalized spacial score (nSPS) is 24.4. The fraction of sp³-hybridized carbons (Fsp3) is 0.576. The molecule has 0 aliphatic carbocycles.